The number of halogens is 1. The van der Waals surface area contributed by atoms with Crippen molar-refractivity contribution in [3.63, 3.8) is 0 Å². The van der Waals surface area contributed by atoms with Crippen molar-refractivity contribution in [3.8, 4) is 0 Å². The van der Waals surface area contributed by atoms with Crippen LogP contribution in [0.25, 0.3) is 5.57 Å². The van der Waals surface area contributed by atoms with E-state index >= 15 is 0 Å². The zero-order valence-corrected chi connectivity index (χ0v) is 9.78. The van der Waals surface area contributed by atoms with E-state index < -0.39 is 11.8 Å². The number of hydrogen-bond donors (Lipinski definition) is 0. The smallest absolute Gasteiger partial charge is 0.341 e. The Morgan fingerprint density at radius 3 is 2.59 bits per heavy atom. The first-order chi connectivity index (χ1) is 8.20. The van der Waals surface area contributed by atoms with E-state index in [2.05, 4.69) is 6.58 Å². The van der Waals surface area contributed by atoms with Gasteiger partial charge in [0.25, 0.3) is 0 Å². The monoisotopic (exact) mass is 234 g/mol. The van der Waals surface area contributed by atoms with Gasteiger partial charge in [0.15, 0.2) is 0 Å². The number of carbonyl (C=O) groups is 1. The van der Waals surface area contributed by atoms with Crippen LogP contribution in [-0.4, -0.2) is 12.6 Å². The van der Waals surface area contributed by atoms with Gasteiger partial charge in [0, 0.05) is 6.42 Å². The predicted molar refractivity (Wildman–Crippen MR) is 65.9 cm³/mol. The minimum atomic E-state index is -0.641. The van der Waals surface area contributed by atoms with Crippen molar-refractivity contribution < 1.29 is 13.9 Å². The van der Waals surface area contributed by atoms with Crippen LogP contribution >= 0.6 is 0 Å². The normalized spacial score (nSPS) is 11.6. The Hall–Kier alpha value is -1.90. The quantitative estimate of drug-likeness (QED) is 0.442. The van der Waals surface area contributed by atoms with Gasteiger partial charge in [-0.1, -0.05) is 36.4 Å². The lowest BCUT2D eigenvalue weighted by atomic mass is 10.0. The number of ether oxygens (including phenoxy) is 1. The molecule has 17 heavy (non-hydrogen) atoms. The van der Waals surface area contributed by atoms with Crippen molar-refractivity contribution in [2.24, 2.45) is 0 Å². The van der Waals surface area contributed by atoms with Crippen molar-refractivity contribution in [2.75, 3.05) is 6.61 Å². The van der Waals surface area contributed by atoms with Gasteiger partial charge >= 0.3 is 5.97 Å². The fourth-order valence-electron chi connectivity index (χ4n) is 1.42. The van der Waals surface area contributed by atoms with Crippen LogP contribution in [0.4, 0.5) is 4.39 Å². The van der Waals surface area contributed by atoms with Crippen LogP contribution in [0.2, 0.25) is 0 Å². The molecule has 1 aromatic rings. The van der Waals surface area contributed by atoms with Gasteiger partial charge in [-0.3, -0.25) is 0 Å². The van der Waals surface area contributed by atoms with Gasteiger partial charge in [0.2, 0.25) is 0 Å². The molecule has 90 valence electrons. The molecule has 0 fully saturated rings. The van der Waals surface area contributed by atoms with E-state index in [4.69, 9.17) is 4.74 Å². The molecule has 0 spiro atoms. The summed E-state index contributed by atoms with van der Waals surface area (Å²) < 4.78 is 18.7. The van der Waals surface area contributed by atoms with E-state index in [1.807, 2.05) is 0 Å². The molecule has 2 nitrogen and oxygen atoms in total. The molecule has 0 radical (unpaired) electrons. The number of carbonyl (C=O) groups excluding carboxylic acids is 1. The second kappa shape index (κ2) is 6.63. The average Bonchev–Trinajstić information content (AvgIpc) is 2.31. The Morgan fingerprint density at radius 1 is 1.41 bits per heavy atom. The van der Waals surface area contributed by atoms with Crippen LogP contribution < -0.4 is 0 Å². The van der Waals surface area contributed by atoms with Gasteiger partial charge < -0.3 is 4.74 Å². The van der Waals surface area contributed by atoms with Crippen LogP contribution in [0, 0.1) is 0 Å². The van der Waals surface area contributed by atoms with Crippen molar-refractivity contribution in [2.45, 2.75) is 13.3 Å². The fraction of sp³-hybridized carbons (Fsp3) is 0.214. The molecule has 0 aliphatic rings. The van der Waals surface area contributed by atoms with E-state index in [1.165, 1.54) is 6.08 Å². The first kappa shape index (κ1) is 13.2. The molecular weight excluding hydrogens is 219 g/mol. The zero-order valence-electron chi connectivity index (χ0n) is 9.78. The molecule has 0 amide bonds. The Labute approximate surface area is 100 Å². The molecule has 1 rings (SSSR count). The number of allylic oxidation sites excluding steroid dienone is 2. The molecule has 0 saturated carbocycles. The molecular formula is C14H15FO2. The summed E-state index contributed by atoms with van der Waals surface area (Å²) in [5, 5.41) is 0. The van der Waals surface area contributed by atoms with Gasteiger partial charge in [-0.15, -0.1) is 6.58 Å². The maximum absolute atomic E-state index is 13.8. The van der Waals surface area contributed by atoms with Crippen LogP contribution in [0.15, 0.2) is 48.8 Å². The Morgan fingerprint density at radius 2 is 2.06 bits per heavy atom. The molecule has 0 aromatic heterocycles. The lowest BCUT2D eigenvalue weighted by Gasteiger charge is -2.08. The summed E-state index contributed by atoms with van der Waals surface area (Å²) in [6.07, 6.45) is 1.43. The van der Waals surface area contributed by atoms with Crippen molar-refractivity contribution in [3.05, 3.63) is 54.4 Å². The molecule has 0 N–H and O–H groups in total. The lowest BCUT2D eigenvalue weighted by molar-refractivity contribution is -0.136. The molecule has 3 heteroatoms. The zero-order chi connectivity index (χ0) is 12.7. The summed E-state index contributed by atoms with van der Waals surface area (Å²) >= 11 is 0. The van der Waals surface area contributed by atoms with Crippen LogP contribution in [0.1, 0.15) is 18.9 Å². The Kier molecular flexibility index (Phi) is 5.14. The largest absolute Gasteiger partial charge is 0.462 e. The van der Waals surface area contributed by atoms with Gasteiger partial charge in [-0.2, -0.15) is 0 Å². The third kappa shape index (κ3) is 3.55. The highest BCUT2D eigenvalue weighted by molar-refractivity contribution is 6.17. The number of benzene rings is 1. The maximum atomic E-state index is 13.8. The number of esters is 1. The van der Waals surface area contributed by atoms with E-state index in [0.717, 1.165) is 0 Å². The van der Waals surface area contributed by atoms with Crippen molar-refractivity contribution >= 4 is 11.5 Å². The SMILES string of the molecule is C=CC/C(F)=C(\C(=O)OCC)c1ccccc1. The third-order valence-corrected chi connectivity index (χ3v) is 2.14. The number of hydrogen-bond acceptors (Lipinski definition) is 2. The van der Waals surface area contributed by atoms with Gasteiger partial charge in [0.05, 0.1) is 12.2 Å². The summed E-state index contributed by atoms with van der Waals surface area (Å²) in [6, 6.07) is 8.65. The van der Waals surface area contributed by atoms with Crippen LogP contribution in [-0.2, 0) is 9.53 Å². The molecule has 0 aliphatic carbocycles. The van der Waals surface area contributed by atoms with Crippen molar-refractivity contribution in [1.82, 2.24) is 0 Å². The van der Waals surface area contributed by atoms with E-state index in [1.54, 1.807) is 37.3 Å². The van der Waals surface area contributed by atoms with Crippen LogP contribution in [0.3, 0.4) is 0 Å². The maximum Gasteiger partial charge on any atom is 0.341 e. The van der Waals surface area contributed by atoms with Crippen molar-refractivity contribution in [1.29, 1.82) is 0 Å². The molecule has 0 heterocycles. The van der Waals surface area contributed by atoms with E-state index in [-0.39, 0.29) is 18.6 Å². The molecule has 0 aliphatic heterocycles. The Balaban J connectivity index is 3.16. The van der Waals surface area contributed by atoms with Gasteiger partial charge in [0.1, 0.15) is 5.83 Å². The van der Waals surface area contributed by atoms with E-state index in [0.29, 0.717) is 5.56 Å². The number of rotatable bonds is 5. The average molecular weight is 234 g/mol. The molecule has 1 aromatic carbocycles. The minimum absolute atomic E-state index is 0.0169. The molecule has 0 unspecified atom stereocenters. The predicted octanol–water partition coefficient (Wildman–Crippen LogP) is 3.51. The second-order valence-corrected chi connectivity index (χ2v) is 3.36. The molecule has 0 bridgehead atoms. The molecule has 0 saturated heterocycles. The van der Waals surface area contributed by atoms with Gasteiger partial charge in [-0.05, 0) is 12.5 Å². The second-order valence-electron chi connectivity index (χ2n) is 3.36. The lowest BCUT2D eigenvalue weighted by Crippen LogP contribution is -2.08. The van der Waals surface area contributed by atoms with Crippen LogP contribution in [0.5, 0.6) is 0 Å². The third-order valence-electron chi connectivity index (χ3n) is 2.14. The molecule has 0 atom stereocenters. The summed E-state index contributed by atoms with van der Waals surface area (Å²) in [6.45, 7) is 5.36. The van der Waals surface area contributed by atoms with E-state index in [9.17, 15) is 9.18 Å². The highest BCUT2D eigenvalue weighted by Gasteiger charge is 2.18. The Bertz CT molecular complexity index is 421. The highest BCUT2D eigenvalue weighted by Crippen LogP contribution is 2.23. The summed E-state index contributed by atoms with van der Waals surface area (Å²) in [7, 11) is 0. The summed E-state index contributed by atoms with van der Waals surface area (Å²) in [5.74, 6) is -1.16. The topological polar surface area (TPSA) is 26.3 Å². The summed E-state index contributed by atoms with van der Waals surface area (Å²) in [4.78, 5) is 11.7. The van der Waals surface area contributed by atoms with Gasteiger partial charge in [-0.25, -0.2) is 9.18 Å². The standard InChI is InChI=1S/C14H15FO2/c1-3-8-12(15)13(14(16)17-4-2)11-9-6-5-7-10-11/h3,5-7,9-10H,1,4,8H2,2H3/b13-12+. The fourth-order valence-corrected chi connectivity index (χ4v) is 1.42. The minimum Gasteiger partial charge on any atom is -0.462 e. The first-order valence-corrected chi connectivity index (χ1v) is 5.42. The first-order valence-electron chi connectivity index (χ1n) is 5.42. The highest BCUT2D eigenvalue weighted by atomic mass is 19.1. The summed E-state index contributed by atoms with van der Waals surface area (Å²) in [5.41, 5.74) is 0.498.